The van der Waals surface area contributed by atoms with Crippen molar-refractivity contribution in [3.8, 4) is 6.07 Å². The van der Waals surface area contributed by atoms with E-state index in [4.69, 9.17) is 10.00 Å². The molecule has 0 spiro atoms. The number of benzene rings is 1. The number of aryl methyl sites for hydroxylation is 1. The van der Waals surface area contributed by atoms with E-state index in [0.29, 0.717) is 17.7 Å². The molecule has 5 nitrogen and oxygen atoms in total. The molecule has 0 fully saturated rings. The Balaban J connectivity index is 2.73. The smallest absolute Gasteiger partial charge is 0.329 e. The summed E-state index contributed by atoms with van der Waals surface area (Å²) < 4.78 is 4.79. The minimum atomic E-state index is -0.737. The first kappa shape index (κ1) is 17.1. The van der Waals surface area contributed by atoms with Crippen LogP contribution in [0.25, 0.3) is 0 Å². The molecule has 0 saturated carbocycles. The van der Waals surface area contributed by atoms with E-state index in [1.165, 1.54) is 0 Å². The molecule has 1 aromatic rings. The molecule has 6 heteroatoms. The van der Waals surface area contributed by atoms with Crippen molar-refractivity contribution in [2.75, 3.05) is 18.6 Å². The molecule has 1 rings (SSSR count). The van der Waals surface area contributed by atoms with Gasteiger partial charge in [0, 0.05) is 5.56 Å². The quantitative estimate of drug-likeness (QED) is 0.778. The molecular weight excluding hydrogens is 288 g/mol. The van der Waals surface area contributed by atoms with Crippen LogP contribution in [0.4, 0.5) is 0 Å². The molecule has 1 amide bonds. The van der Waals surface area contributed by atoms with Gasteiger partial charge in [-0.15, -0.1) is 0 Å². The van der Waals surface area contributed by atoms with E-state index >= 15 is 0 Å². The van der Waals surface area contributed by atoms with Crippen molar-refractivity contribution >= 4 is 23.6 Å². The molecule has 0 aliphatic carbocycles. The maximum Gasteiger partial charge on any atom is 0.329 e. The number of thioether (sulfide) groups is 1. The number of carbonyl (C=O) groups excluding carboxylic acids is 2. The van der Waals surface area contributed by atoms with Gasteiger partial charge in [0.25, 0.3) is 5.91 Å². The first-order chi connectivity index (χ1) is 10.1. The summed E-state index contributed by atoms with van der Waals surface area (Å²) in [6.45, 7) is 1.58. The van der Waals surface area contributed by atoms with Crippen LogP contribution in [0.1, 0.15) is 22.3 Å². The number of amides is 1. The van der Waals surface area contributed by atoms with Crippen LogP contribution < -0.4 is 5.32 Å². The number of carbonyl (C=O) groups is 2. The fraction of sp³-hybridized carbons (Fsp3) is 0.400. The number of rotatable bonds is 7. The number of hydrogen-bond acceptors (Lipinski definition) is 5. The average Bonchev–Trinajstić information content (AvgIpc) is 2.48. The highest BCUT2D eigenvalue weighted by Gasteiger charge is 2.22. The first-order valence-corrected chi connectivity index (χ1v) is 7.88. The van der Waals surface area contributed by atoms with Crippen LogP contribution in [-0.4, -0.2) is 36.5 Å². The highest BCUT2D eigenvalue weighted by Crippen LogP contribution is 2.07. The third-order valence-electron chi connectivity index (χ3n) is 2.76. The van der Waals surface area contributed by atoms with Gasteiger partial charge in [0.1, 0.15) is 12.1 Å². The molecule has 0 saturated heterocycles. The predicted octanol–water partition coefficient (Wildman–Crippen LogP) is 1.91. The normalized spacial score (nSPS) is 11.3. The lowest BCUT2D eigenvalue weighted by Crippen LogP contribution is -2.42. The Bertz CT molecular complexity index is 540. The summed E-state index contributed by atoms with van der Waals surface area (Å²) in [6.07, 6.45) is 2.38. The van der Waals surface area contributed by atoms with Crippen LogP contribution in [0.3, 0.4) is 0 Å². The third-order valence-corrected chi connectivity index (χ3v) is 3.40. The molecule has 1 N–H and O–H groups in total. The Morgan fingerprint density at radius 3 is 2.86 bits per heavy atom. The maximum atomic E-state index is 12.2. The Morgan fingerprint density at radius 2 is 2.24 bits per heavy atom. The predicted molar refractivity (Wildman–Crippen MR) is 82.0 cm³/mol. The monoisotopic (exact) mass is 306 g/mol. The molecule has 0 radical (unpaired) electrons. The Hall–Kier alpha value is -2.00. The second-order valence-corrected chi connectivity index (χ2v) is 5.43. The lowest BCUT2D eigenvalue weighted by molar-refractivity contribution is -0.144. The van der Waals surface area contributed by atoms with Crippen molar-refractivity contribution in [2.45, 2.75) is 19.4 Å². The van der Waals surface area contributed by atoms with Gasteiger partial charge in [0.15, 0.2) is 6.61 Å². The van der Waals surface area contributed by atoms with Crippen molar-refractivity contribution in [3.05, 3.63) is 35.4 Å². The zero-order valence-electron chi connectivity index (χ0n) is 12.1. The van der Waals surface area contributed by atoms with Crippen molar-refractivity contribution in [1.82, 2.24) is 5.32 Å². The second-order valence-electron chi connectivity index (χ2n) is 4.44. The SMILES string of the molecule is CSCC[C@H](NC(=O)c1cccc(C)c1)C(=O)OCC#N. The number of ether oxygens (including phenoxy) is 1. The molecular formula is C15H18N2O3S. The van der Waals surface area contributed by atoms with Crippen LogP contribution in [0, 0.1) is 18.3 Å². The maximum absolute atomic E-state index is 12.2. The molecule has 0 bridgehead atoms. The van der Waals surface area contributed by atoms with Gasteiger partial charge in [-0.25, -0.2) is 4.79 Å². The van der Waals surface area contributed by atoms with Crippen molar-refractivity contribution < 1.29 is 14.3 Å². The van der Waals surface area contributed by atoms with Crippen LogP contribution in [0.15, 0.2) is 24.3 Å². The van der Waals surface area contributed by atoms with Gasteiger partial charge >= 0.3 is 5.97 Å². The fourth-order valence-electron chi connectivity index (χ4n) is 1.72. The van der Waals surface area contributed by atoms with Gasteiger partial charge in [-0.1, -0.05) is 17.7 Å². The minimum absolute atomic E-state index is 0.311. The van der Waals surface area contributed by atoms with E-state index in [0.717, 1.165) is 5.56 Å². The number of esters is 1. The first-order valence-electron chi connectivity index (χ1n) is 6.48. The van der Waals surface area contributed by atoms with Gasteiger partial charge in [-0.05, 0) is 37.5 Å². The Labute approximate surface area is 128 Å². The highest BCUT2D eigenvalue weighted by molar-refractivity contribution is 7.98. The van der Waals surface area contributed by atoms with Gasteiger partial charge in [-0.2, -0.15) is 17.0 Å². The second kappa shape index (κ2) is 9.03. The number of hydrogen-bond donors (Lipinski definition) is 1. The summed E-state index contributed by atoms with van der Waals surface area (Å²) in [4.78, 5) is 24.0. The van der Waals surface area contributed by atoms with Crippen LogP contribution in [0.5, 0.6) is 0 Å². The van der Waals surface area contributed by atoms with E-state index in [9.17, 15) is 9.59 Å². The number of nitrogens with zero attached hydrogens (tertiary/aromatic N) is 1. The van der Waals surface area contributed by atoms with Crippen LogP contribution in [-0.2, 0) is 9.53 Å². The molecule has 0 unspecified atom stereocenters. The van der Waals surface area contributed by atoms with E-state index < -0.39 is 12.0 Å². The summed E-state index contributed by atoms with van der Waals surface area (Å²) in [6, 6.07) is 8.12. The molecule has 1 aromatic carbocycles. The standard InChI is InChI=1S/C15H18N2O3S/c1-11-4-3-5-12(10-11)14(18)17-13(6-9-21-2)15(19)20-8-7-16/h3-5,10,13H,6,8-9H2,1-2H3,(H,17,18)/t13-/m0/s1. The Kier molecular flexibility index (Phi) is 7.33. The number of nitrogens with one attached hydrogen (secondary N) is 1. The van der Waals surface area contributed by atoms with Gasteiger partial charge in [-0.3, -0.25) is 4.79 Å². The van der Waals surface area contributed by atoms with Crippen molar-refractivity contribution in [1.29, 1.82) is 5.26 Å². The fourth-order valence-corrected chi connectivity index (χ4v) is 2.19. The summed E-state index contributed by atoms with van der Waals surface area (Å²) in [5.74, 6) is -0.189. The van der Waals surface area contributed by atoms with Crippen molar-refractivity contribution in [2.24, 2.45) is 0 Å². The zero-order valence-corrected chi connectivity index (χ0v) is 12.9. The molecule has 112 valence electrons. The third kappa shape index (κ3) is 5.88. The topological polar surface area (TPSA) is 79.2 Å². The van der Waals surface area contributed by atoms with Gasteiger partial charge in [0.05, 0.1) is 0 Å². The summed E-state index contributed by atoms with van der Waals surface area (Å²) in [5, 5.41) is 11.1. The lowest BCUT2D eigenvalue weighted by atomic mass is 10.1. The summed E-state index contributed by atoms with van der Waals surface area (Å²) in [7, 11) is 0. The van der Waals surface area contributed by atoms with Crippen LogP contribution >= 0.6 is 11.8 Å². The van der Waals surface area contributed by atoms with E-state index in [-0.39, 0.29) is 12.5 Å². The van der Waals surface area contributed by atoms with E-state index in [1.807, 2.05) is 19.2 Å². The van der Waals surface area contributed by atoms with Crippen LogP contribution in [0.2, 0.25) is 0 Å². The lowest BCUT2D eigenvalue weighted by Gasteiger charge is -2.16. The van der Waals surface area contributed by atoms with Gasteiger partial charge < -0.3 is 10.1 Å². The van der Waals surface area contributed by atoms with E-state index in [2.05, 4.69) is 5.32 Å². The molecule has 0 aromatic heterocycles. The average molecular weight is 306 g/mol. The molecule has 0 aliphatic heterocycles. The largest absolute Gasteiger partial charge is 0.449 e. The summed E-state index contributed by atoms with van der Waals surface area (Å²) >= 11 is 1.57. The molecule has 0 heterocycles. The summed E-state index contributed by atoms with van der Waals surface area (Å²) in [5.41, 5.74) is 1.47. The minimum Gasteiger partial charge on any atom is -0.449 e. The number of nitriles is 1. The van der Waals surface area contributed by atoms with Gasteiger partial charge in [0.2, 0.25) is 0 Å². The highest BCUT2D eigenvalue weighted by atomic mass is 32.2. The molecule has 0 aliphatic rings. The van der Waals surface area contributed by atoms with Crippen molar-refractivity contribution in [3.63, 3.8) is 0 Å². The molecule has 1 atom stereocenters. The zero-order chi connectivity index (χ0) is 15.7. The van der Waals surface area contributed by atoms with E-state index in [1.54, 1.807) is 36.0 Å². The molecule has 21 heavy (non-hydrogen) atoms. The Morgan fingerprint density at radius 1 is 1.48 bits per heavy atom.